The van der Waals surface area contributed by atoms with Crippen molar-refractivity contribution in [2.45, 2.75) is 9.79 Å². The lowest BCUT2D eigenvalue weighted by Crippen LogP contribution is -2.05. The van der Waals surface area contributed by atoms with E-state index in [0.29, 0.717) is 0 Å². The lowest BCUT2D eigenvalue weighted by molar-refractivity contribution is -0.384. The van der Waals surface area contributed by atoms with Gasteiger partial charge in [0.1, 0.15) is 0 Å². The molecule has 0 fully saturated rings. The SMILES string of the molecule is Nc1ccccc1S(=O)(=O)c1ccc([N+](=O)[O-])cc1. The Labute approximate surface area is 109 Å². The van der Waals surface area contributed by atoms with Gasteiger partial charge < -0.3 is 5.73 Å². The maximum absolute atomic E-state index is 12.3. The summed E-state index contributed by atoms with van der Waals surface area (Å²) in [4.78, 5) is 9.89. The van der Waals surface area contributed by atoms with Crippen molar-refractivity contribution in [1.82, 2.24) is 0 Å². The molecule has 2 rings (SSSR count). The largest absolute Gasteiger partial charge is 0.398 e. The zero-order chi connectivity index (χ0) is 14.0. The first-order chi connectivity index (χ1) is 8.93. The first-order valence-electron chi connectivity index (χ1n) is 5.27. The Hall–Kier alpha value is -2.41. The second kappa shape index (κ2) is 4.69. The van der Waals surface area contributed by atoms with Crippen molar-refractivity contribution in [1.29, 1.82) is 0 Å². The minimum Gasteiger partial charge on any atom is -0.398 e. The quantitative estimate of drug-likeness (QED) is 0.525. The van der Waals surface area contributed by atoms with Crippen molar-refractivity contribution in [2.75, 3.05) is 5.73 Å². The monoisotopic (exact) mass is 278 g/mol. The van der Waals surface area contributed by atoms with Crippen molar-refractivity contribution in [2.24, 2.45) is 0 Å². The van der Waals surface area contributed by atoms with Crippen LogP contribution >= 0.6 is 0 Å². The molecule has 0 spiro atoms. The highest BCUT2D eigenvalue weighted by molar-refractivity contribution is 7.91. The Bertz CT molecular complexity index is 724. The van der Waals surface area contributed by atoms with Gasteiger partial charge in [0.2, 0.25) is 9.84 Å². The molecule has 0 atom stereocenters. The van der Waals surface area contributed by atoms with Crippen LogP contribution in [0.15, 0.2) is 58.3 Å². The summed E-state index contributed by atoms with van der Waals surface area (Å²) in [6.07, 6.45) is 0. The Morgan fingerprint density at radius 3 is 2.11 bits per heavy atom. The standard InChI is InChI=1S/C12H10N2O4S/c13-11-3-1-2-4-12(11)19(17,18)10-7-5-9(6-8-10)14(15)16/h1-8H,13H2. The van der Waals surface area contributed by atoms with E-state index in [9.17, 15) is 18.5 Å². The Morgan fingerprint density at radius 2 is 1.58 bits per heavy atom. The molecule has 6 nitrogen and oxygen atoms in total. The molecule has 0 saturated heterocycles. The topological polar surface area (TPSA) is 103 Å². The van der Waals surface area contributed by atoms with Gasteiger partial charge in [-0.2, -0.15) is 0 Å². The lowest BCUT2D eigenvalue weighted by atomic mass is 10.3. The number of para-hydroxylation sites is 1. The van der Waals surface area contributed by atoms with Gasteiger partial charge in [-0.1, -0.05) is 12.1 Å². The van der Waals surface area contributed by atoms with Crippen LogP contribution in [0.2, 0.25) is 0 Å². The van der Waals surface area contributed by atoms with E-state index in [1.54, 1.807) is 12.1 Å². The van der Waals surface area contributed by atoms with Crippen molar-refractivity contribution < 1.29 is 13.3 Å². The van der Waals surface area contributed by atoms with Crippen molar-refractivity contribution in [3.8, 4) is 0 Å². The number of nitro benzene ring substituents is 1. The van der Waals surface area contributed by atoms with Crippen LogP contribution in [0.3, 0.4) is 0 Å². The van der Waals surface area contributed by atoms with E-state index >= 15 is 0 Å². The summed E-state index contributed by atoms with van der Waals surface area (Å²) in [7, 11) is -3.76. The summed E-state index contributed by atoms with van der Waals surface area (Å²) >= 11 is 0. The highest BCUT2D eigenvalue weighted by Crippen LogP contribution is 2.26. The van der Waals surface area contributed by atoms with Crippen LogP contribution in [0.4, 0.5) is 11.4 Å². The molecule has 19 heavy (non-hydrogen) atoms. The molecule has 0 aromatic heterocycles. The smallest absolute Gasteiger partial charge is 0.269 e. The second-order valence-corrected chi connectivity index (χ2v) is 5.71. The number of nitro groups is 1. The molecule has 0 heterocycles. The van der Waals surface area contributed by atoms with Crippen LogP contribution in [-0.2, 0) is 9.84 Å². The van der Waals surface area contributed by atoms with Gasteiger partial charge in [0, 0.05) is 12.1 Å². The van der Waals surface area contributed by atoms with Gasteiger partial charge in [-0.05, 0) is 24.3 Å². The summed E-state index contributed by atoms with van der Waals surface area (Å²) in [5.74, 6) is 0. The van der Waals surface area contributed by atoms with E-state index in [1.165, 1.54) is 24.3 Å². The third-order valence-electron chi connectivity index (χ3n) is 2.57. The van der Waals surface area contributed by atoms with E-state index in [2.05, 4.69) is 0 Å². The molecule has 0 aliphatic rings. The van der Waals surface area contributed by atoms with Crippen LogP contribution in [0.25, 0.3) is 0 Å². The molecule has 2 N–H and O–H groups in total. The Morgan fingerprint density at radius 1 is 1.00 bits per heavy atom. The normalized spacial score (nSPS) is 11.2. The first kappa shape index (κ1) is 13.0. The van der Waals surface area contributed by atoms with Crippen molar-refractivity contribution >= 4 is 21.2 Å². The van der Waals surface area contributed by atoms with E-state index in [0.717, 1.165) is 12.1 Å². The molecular formula is C12H10N2O4S. The number of non-ortho nitro benzene ring substituents is 1. The number of benzene rings is 2. The fraction of sp³-hybridized carbons (Fsp3) is 0. The van der Waals surface area contributed by atoms with Crippen LogP contribution in [0.1, 0.15) is 0 Å². The third kappa shape index (κ3) is 2.41. The van der Waals surface area contributed by atoms with Gasteiger partial charge in [0.15, 0.2) is 0 Å². The zero-order valence-electron chi connectivity index (χ0n) is 9.68. The van der Waals surface area contributed by atoms with Gasteiger partial charge in [-0.15, -0.1) is 0 Å². The number of nitrogens with two attached hydrogens (primary N) is 1. The highest BCUT2D eigenvalue weighted by atomic mass is 32.2. The summed E-state index contributed by atoms with van der Waals surface area (Å²) in [6, 6.07) is 10.8. The molecule has 0 amide bonds. The number of rotatable bonds is 3. The minimum absolute atomic E-state index is 0.0103. The van der Waals surface area contributed by atoms with E-state index in [-0.39, 0.29) is 21.2 Å². The van der Waals surface area contributed by atoms with E-state index in [1.807, 2.05) is 0 Å². The zero-order valence-corrected chi connectivity index (χ0v) is 10.5. The number of sulfone groups is 1. The van der Waals surface area contributed by atoms with Gasteiger partial charge in [0.05, 0.1) is 20.4 Å². The number of hydrogen-bond donors (Lipinski definition) is 1. The predicted octanol–water partition coefficient (Wildman–Crippen LogP) is 2.01. The van der Waals surface area contributed by atoms with Gasteiger partial charge in [0.25, 0.3) is 5.69 Å². The maximum Gasteiger partial charge on any atom is 0.269 e. The van der Waals surface area contributed by atoms with Gasteiger partial charge in [-0.25, -0.2) is 8.42 Å². The van der Waals surface area contributed by atoms with Gasteiger partial charge in [-0.3, -0.25) is 10.1 Å². The van der Waals surface area contributed by atoms with Crippen molar-refractivity contribution in [3.63, 3.8) is 0 Å². The summed E-state index contributed by atoms with van der Waals surface area (Å²) in [5.41, 5.74) is 5.61. The maximum atomic E-state index is 12.3. The summed E-state index contributed by atoms with van der Waals surface area (Å²) in [5, 5.41) is 10.5. The average Bonchev–Trinajstić information content (AvgIpc) is 2.39. The molecule has 0 radical (unpaired) electrons. The van der Waals surface area contributed by atoms with E-state index < -0.39 is 14.8 Å². The lowest BCUT2D eigenvalue weighted by Gasteiger charge is -2.06. The Balaban J connectivity index is 2.52. The molecular weight excluding hydrogens is 268 g/mol. The molecule has 0 aliphatic carbocycles. The number of hydrogen-bond acceptors (Lipinski definition) is 5. The Kier molecular flexibility index (Phi) is 3.22. The number of nitrogen functional groups attached to an aromatic ring is 1. The third-order valence-corrected chi connectivity index (χ3v) is 4.41. The van der Waals surface area contributed by atoms with Crippen LogP contribution < -0.4 is 5.73 Å². The molecule has 7 heteroatoms. The molecule has 2 aromatic rings. The van der Waals surface area contributed by atoms with Crippen LogP contribution in [0.5, 0.6) is 0 Å². The second-order valence-electron chi connectivity index (χ2n) is 3.79. The molecule has 0 saturated carbocycles. The fourth-order valence-electron chi connectivity index (χ4n) is 1.60. The summed E-state index contributed by atoms with van der Waals surface area (Å²) < 4.78 is 24.6. The molecule has 2 aromatic carbocycles. The average molecular weight is 278 g/mol. The molecule has 98 valence electrons. The molecule has 0 bridgehead atoms. The summed E-state index contributed by atoms with van der Waals surface area (Å²) in [6.45, 7) is 0. The molecule has 0 unspecified atom stereocenters. The fourth-order valence-corrected chi connectivity index (χ4v) is 2.98. The highest BCUT2D eigenvalue weighted by Gasteiger charge is 2.20. The minimum atomic E-state index is -3.76. The van der Waals surface area contributed by atoms with Crippen molar-refractivity contribution in [3.05, 3.63) is 58.6 Å². The predicted molar refractivity (Wildman–Crippen MR) is 69.4 cm³/mol. The molecule has 0 aliphatic heterocycles. The number of anilines is 1. The first-order valence-corrected chi connectivity index (χ1v) is 6.75. The number of nitrogens with zero attached hydrogens (tertiary/aromatic N) is 1. The van der Waals surface area contributed by atoms with E-state index in [4.69, 9.17) is 5.73 Å². The van der Waals surface area contributed by atoms with Gasteiger partial charge >= 0.3 is 0 Å². The van der Waals surface area contributed by atoms with Crippen LogP contribution in [0, 0.1) is 10.1 Å². The van der Waals surface area contributed by atoms with Crippen LogP contribution in [-0.4, -0.2) is 13.3 Å².